The molecular formula is C11H13BrClNO5S. The molecule has 0 spiro atoms. The third-order valence-corrected chi connectivity index (χ3v) is 4.17. The highest BCUT2D eigenvalue weighted by Crippen LogP contribution is 2.27. The summed E-state index contributed by atoms with van der Waals surface area (Å²) in [5, 5.41) is 2.58. The number of methoxy groups -OCH3 is 1. The van der Waals surface area contributed by atoms with E-state index >= 15 is 0 Å². The van der Waals surface area contributed by atoms with E-state index in [1.54, 1.807) is 0 Å². The third-order valence-electron chi connectivity index (χ3n) is 2.16. The molecule has 0 radical (unpaired) electrons. The average molecular weight is 387 g/mol. The lowest BCUT2D eigenvalue weighted by Gasteiger charge is -2.08. The van der Waals surface area contributed by atoms with E-state index < -0.39 is 9.05 Å². The molecule has 0 fully saturated rings. The molecule has 0 heterocycles. The highest BCUT2D eigenvalue weighted by Gasteiger charge is 2.13. The van der Waals surface area contributed by atoms with Gasteiger partial charge in [-0.15, -0.1) is 0 Å². The van der Waals surface area contributed by atoms with Crippen LogP contribution in [0, 0.1) is 0 Å². The third kappa shape index (κ3) is 5.76. The number of benzene rings is 1. The lowest BCUT2D eigenvalue weighted by atomic mass is 10.3. The number of amides is 1. The average Bonchev–Trinajstić information content (AvgIpc) is 2.36. The van der Waals surface area contributed by atoms with E-state index in [1.807, 2.05) is 0 Å². The van der Waals surface area contributed by atoms with Crippen molar-refractivity contribution >= 4 is 47.3 Å². The molecule has 0 atom stereocenters. The van der Waals surface area contributed by atoms with Crippen LogP contribution in [0.5, 0.6) is 0 Å². The maximum atomic E-state index is 11.6. The van der Waals surface area contributed by atoms with Crippen molar-refractivity contribution in [1.29, 1.82) is 0 Å². The van der Waals surface area contributed by atoms with Gasteiger partial charge in [-0.05, 0) is 34.1 Å². The number of rotatable bonds is 7. The van der Waals surface area contributed by atoms with Gasteiger partial charge in [0.15, 0.2) is 0 Å². The Kier molecular flexibility index (Phi) is 6.90. The van der Waals surface area contributed by atoms with Crippen molar-refractivity contribution in [3.63, 3.8) is 0 Å². The Morgan fingerprint density at radius 3 is 2.65 bits per heavy atom. The summed E-state index contributed by atoms with van der Waals surface area (Å²) in [6, 6.07) is 4.05. The van der Waals surface area contributed by atoms with Gasteiger partial charge >= 0.3 is 0 Å². The van der Waals surface area contributed by atoms with E-state index in [2.05, 4.69) is 21.2 Å². The van der Waals surface area contributed by atoms with Gasteiger partial charge in [-0.2, -0.15) is 0 Å². The minimum Gasteiger partial charge on any atom is -0.382 e. The smallest absolute Gasteiger partial charge is 0.261 e. The van der Waals surface area contributed by atoms with Crippen molar-refractivity contribution in [3.05, 3.63) is 22.7 Å². The lowest BCUT2D eigenvalue weighted by molar-refractivity contribution is -0.121. The predicted molar refractivity (Wildman–Crippen MR) is 78.5 cm³/mol. The highest BCUT2D eigenvalue weighted by molar-refractivity contribution is 9.10. The highest BCUT2D eigenvalue weighted by atomic mass is 79.9. The zero-order chi connectivity index (χ0) is 15.2. The molecule has 0 saturated carbocycles. The summed E-state index contributed by atoms with van der Waals surface area (Å²) in [6.07, 6.45) is 0. The van der Waals surface area contributed by atoms with Crippen LogP contribution in [0.25, 0.3) is 0 Å². The molecule has 6 nitrogen and oxygen atoms in total. The van der Waals surface area contributed by atoms with E-state index in [-0.39, 0.29) is 17.4 Å². The van der Waals surface area contributed by atoms with Crippen molar-refractivity contribution in [2.24, 2.45) is 0 Å². The first-order chi connectivity index (χ1) is 9.34. The molecule has 0 aliphatic heterocycles. The van der Waals surface area contributed by atoms with Gasteiger partial charge in [0.2, 0.25) is 5.91 Å². The SMILES string of the molecule is COCCOCC(=O)Nc1ccc(S(=O)(=O)Cl)cc1Br. The monoisotopic (exact) mass is 385 g/mol. The van der Waals surface area contributed by atoms with Crippen LogP contribution in [0.2, 0.25) is 0 Å². The Bertz CT molecular complexity index is 578. The maximum absolute atomic E-state index is 11.6. The van der Waals surface area contributed by atoms with Crippen LogP contribution in [-0.4, -0.2) is 41.3 Å². The van der Waals surface area contributed by atoms with Gasteiger partial charge in [-0.1, -0.05) is 0 Å². The van der Waals surface area contributed by atoms with Gasteiger partial charge in [-0.25, -0.2) is 8.42 Å². The molecule has 1 amide bonds. The minimum absolute atomic E-state index is 0.0552. The molecule has 0 aliphatic rings. The molecule has 112 valence electrons. The summed E-state index contributed by atoms with van der Waals surface area (Å²) in [5.41, 5.74) is 0.425. The Morgan fingerprint density at radius 2 is 2.10 bits per heavy atom. The molecule has 0 unspecified atom stereocenters. The van der Waals surface area contributed by atoms with E-state index in [0.29, 0.717) is 23.4 Å². The predicted octanol–water partition coefficient (Wildman–Crippen LogP) is 1.98. The Balaban J connectivity index is 2.63. The molecular weight excluding hydrogens is 374 g/mol. The number of halogens is 2. The molecule has 9 heteroatoms. The minimum atomic E-state index is -3.80. The van der Waals surface area contributed by atoms with E-state index in [9.17, 15) is 13.2 Å². The molecule has 20 heavy (non-hydrogen) atoms. The topological polar surface area (TPSA) is 81.7 Å². The van der Waals surface area contributed by atoms with Crippen LogP contribution in [0.3, 0.4) is 0 Å². The van der Waals surface area contributed by atoms with Crippen molar-refractivity contribution in [2.75, 3.05) is 32.2 Å². The van der Waals surface area contributed by atoms with Crippen LogP contribution in [-0.2, 0) is 23.3 Å². The number of ether oxygens (including phenoxy) is 2. The number of anilines is 1. The number of nitrogens with one attached hydrogen (secondary N) is 1. The van der Waals surface area contributed by atoms with Gasteiger partial charge in [0.05, 0.1) is 23.8 Å². The molecule has 0 aromatic heterocycles. The zero-order valence-electron chi connectivity index (χ0n) is 10.6. The summed E-state index contributed by atoms with van der Waals surface area (Å²) < 4.78 is 32.5. The first-order valence-electron chi connectivity index (χ1n) is 5.45. The first kappa shape index (κ1) is 17.4. The van der Waals surface area contributed by atoms with Crippen molar-refractivity contribution in [1.82, 2.24) is 0 Å². The molecule has 1 aromatic carbocycles. The van der Waals surface area contributed by atoms with E-state index in [1.165, 1.54) is 25.3 Å². The van der Waals surface area contributed by atoms with Crippen LogP contribution < -0.4 is 5.32 Å². The fraction of sp³-hybridized carbons (Fsp3) is 0.364. The van der Waals surface area contributed by atoms with Gasteiger partial charge in [0, 0.05) is 22.3 Å². The standard InChI is InChI=1S/C11H13BrClNO5S/c1-18-4-5-19-7-11(15)14-10-3-2-8(6-9(10)12)20(13,16)17/h2-3,6H,4-5,7H2,1H3,(H,14,15). The quantitative estimate of drug-likeness (QED) is 0.572. The molecule has 0 saturated heterocycles. The molecule has 1 aromatic rings. The second-order valence-electron chi connectivity index (χ2n) is 3.67. The van der Waals surface area contributed by atoms with E-state index in [4.69, 9.17) is 20.2 Å². The fourth-order valence-electron chi connectivity index (χ4n) is 1.24. The molecule has 0 bridgehead atoms. The number of hydrogen-bond donors (Lipinski definition) is 1. The Hall–Kier alpha value is -0.670. The zero-order valence-corrected chi connectivity index (χ0v) is 13.7. The lowest BCUT2D eigenvalue weighted by Crippen LogP contribution is -2.19. The van der Waals surface area contributed by atoms with Crippen LogP contribution in [0.4, 0.5) is 5.69 Å². The molecule has 1 N–H and O–H groups in total. The van der Waals surface area contributed by atoms with Crippen molar-refractivity contribution in [2.45, 2.75) is 4.90 Å². The second kappa shape index (κ2) is 7.94. The van der Waals surface area contributed by atoms with Crippen LogP contribution in [0.1, 0.15) is 0 Å². The largest absolute Gasteiger partial charge is 0.382 e. The van der Waals surface area contributed by atoms with Gasteiger partial charge in [-0.3, -0.25) is 4.79 Å². The van der Waals surface area contributed by atoms with Crippen molar-refractivity contribution < 1.29 is 22.7 Å². The number of carbonyl (C=O) groups excluding carboxylic acids is 1. The summed E-state index contributed by atoms with van der Waals surface area (Å²) in [6.45, 7) is 0.596. The molecule has 1 rings (SSSR count). The Morgan fingerprint density at radius 1 is 1.40 bits per heavy atom. The molecule has 0 aliphatic carbocycles. The Labute approximate surface area is 129 Å². The maximum Gasteiger partial charge on any atom is 0.261 e. The normalized spacial score (nSPS) is 11.3. The van der Waals surface area contributed by atoms with Crippen molar-refractivity contribution in [3.8, 4) is 0 Å². The summed E-state index contributed by atoms with van der Waals surface area (Å²) >= 11 is 3.16. The number of hydrogen-bond acceptors (Lipinski definition) is 5. The second-order valence-corrected chi connectivity index (χ2v) is 7.09. The van der Waals surface area contributed by atoms with E-state index in [0.717, 1.165) is 0 Å². The van der Waals surface area contributed by atoms with Gasteiger partial charge in [0.1, 0.15) is 6.61 Å². The van der Waals surface area contributed by atoms with Crippen LogP contribution >= 0.6 is 26.6 Å². The summed E-state index contributed by atoms with van der Waals surface area (Å²) in [4.78, 5) is 11.5. The van der Waals surface area contributed by atoms with Gasteiger partial charge < -0.3 is 14.8 Å². The first-order valence-corrected chi connectivity index (χ1v) is 8.55. The fourth-order valence-corrected chi connectivity index (χ4v) is 2.65. The van der Waals surface area contributed by atoms with Crippen LogP contribution in [0.15, 0.2) is 27.6 Å². The van der Waals surface area contributed by atoms with Gasteiger partial charge in [0.25, 0.3) is 9.05 Å². The summed E-state index contributed by atoms with van der Waals surface area (Å²) in [7, 11) is 2.95. The number of carbonyl (C=O) groups is 1. The summed E-state index contributed by atoms with van der Waals surface area (Å²) in [5.74, 6) is -0.358.